The summed E-state index contributed by atoms with van der Waals surface area (Å²) in [5.74, 6) is 0.246. The molecule has 3 N–H and O–H groups in total. The van der Waals surface area contributed by atoms with Gasteiger partial charge in [-0.3, -0.25) is 0 Å². The SMILES string of the molecule is Nc1cc(NC2(C(F)(F)F)CC2)sn1. The zero-order chi connectivity index (χ0) is 10.4. The molecule has 7 heteroatoms. The molecule has 3 nitrogen and oxygen atoms in total. The number of nitrogen functional groups attached to an aromatic ring is 1. The standard InChI is InChI=1S/C7H8F3N3S/c8-7(9,10)6(1-2-6)12-5-3-4(11)13-14-5/h3,12H,1-2H2,(H2,11,13). The molecule has 1 saturated carbocycles. The van der Waals surface area contributed by atoms with Crippen LogP contribution in [-0.4, -0.2) is 16.1 Å². The summed E-state index contributed by atoms with van der Waals surface area (Å²) in [4.78, 5) is 0. The molecule has 0 aliphatic heterocycles. The first-order chi connectivity index (χ1) is 6.43. The summed E-state index contributed by atoms with van der Waals surface area (Å²) in [6.07, 6.45) is -3.96. The van der Waals surface area contributed by atoms with Crippen LogP contribution in [0.4, 0.5) is 24.0 Å². The molecule has 14 heavy (non-hydrogen) atoms. The number of hydrogen-bond donors (Lipinski definition) is 2. The Labute approximate surface area is 82.3 Å². The molecule has 2 rings (SSSR count). The molecule has 0 unspecified atom stereocenters. The maximum Gasteiger partial charge on any atom is 0.411 e. The van der Waals surface area contributed by atoms with E-state index >= 15 is 0 Å². The summed E-state index contributed by atoms with van der Waals surface area (Å²) in [7, 11) is 0. The molecule has 1 aromatic heterocycles. The Morgan fingerprint density at radius 2 is 2.14 bits per heavy atom. The van der Waals surface area contributed by atoms with E-state index in [0.717, 1.165) is 11.5 Å². The zero-order valence-corrected chi connectivity index (χ0v) is 7.87. The van der Waals surface area contributed by atoms with E-state index in [-0.39, 0.29) is 18.7 Å². The van der Waals surface area contributed by atoms with Crippen molar-refractivity contribution < 1.29 is 13.2 Å². The lowest BCUT2D eigenvalue weighted by Gasteiger charge is -2.20. The number of halogens is 3. The molecule has 0 amide bonds. The smallest absolute Gasteiger partial charge is 0.383 e. The number of aromatic nitrogens is 1. The minimum Gasteiger partial charge on any atom is -0.383 e. The van der Waals surface area contributed by atoms with E-state index in [0.29, 0.717) is 5.00 Å². The fraction of sp³-hybridized carbons (Fsp3) is 0.571. The van der Waals surface area contributed by atoms with Crippen molar-refractivity contribution in [3.63, 3.8) is 0 Å². The van der Waals surface area contributed by atoms with Crippen LogP contribution in [0.15, 0.2) is 6.07 Å². The number of anilines is 2. The first-order valence-electron chi connectivity index (χ1n) is 4.00. The van der Waals surface area contributed by atoms with Gasteiger partial charge in [0, 0.05) is 6.07 Å². The Morgan fingerprint density at radius 1 is 1.50 bits per heavy atom. The van der Waals surface area contributed by atoms with Gasteiger partial charge in [0.05, 0.1) is 0 Å². The van der Waals surface area contributed by atoms with Crippen molar-refractivity contribution in [1.29, 1.82) is 0 Å². The summed E-state index contributed by atoms with van der Waals surface area (Å²) in [5, 5.41) is 2.81. The second-order valence-electron chi connectivity index (χ2n) is 3.32. The number of alkyl halides is 3. The Morgan fingerprint density at radius 3 is 2.50 bits per heavy atom. The Kier molecular flexibility index (Phi) is 1.88. The lowest BCUT2D eigenvalue weighted by atomic mass is 10.2. The predicted octanol–water partition coefficient (Wildman–Crippen LogP) is 2.23. The van der Waals surface area contributed by atoms with Crippen LogP contribution in [0.1, 0.15) is 12.8 Å². The Hall–Kier alpha value is -0.980. The third-order valence-electron chi connectivity index (χ3n) is 2.18. The van der Waals surface area contributed by atoms with E-state index in [2.05, 4.69) is 9.69 Å². The monoisotopic (exact) mass is 223 g/mol. The van der Waals surface area contributed by atoms with Gasteiger partial charge >= 0.3 is 6.18 Å². The fourth-order valence-electron chi connectivity index (χ4n) is 1.19. The first-order valence-corrected chi connectivity index (χ1v) is 4.77. The normalized spacial score (nSPS) is 19.4. The highest BCUT2D eigenvalue weighted by Gasteiger charge is 2.63. The minimum absolute atomic E-state index is 0.119. The van der Waals surface area contributed by atoms with E-state index < -0.39 is 11.7 Å². The largest absolute Gasteiger partial charge is 0.411 e. The van der Waals surface area contributed by atoms with E-state index in [4.69, 9.17) is 5.73 Å². The van der Waals surface area contributed by atoms with Gasteiger partial charge in [0.25, 0.3) is 0 Å². The van der Waals surface area contributed by atoms with Crippen LogP contribution < -0.4 is 11.1 Å². The van der Waals surface area contributed by atoms with Gasteiger partial charge in [-0.1, -0.05) is 0 Å². The van der Waals surface area contributed by atoms with Gasteiger partial charge in [0.15, 0.2) is 0 Å². The average molecular weight is 223 g/mol. The summed E-state index contributed by atoms with van der Waals surface area (Å²) in [5.41, 5.74) is 3.57. The van der Waals surface area contributed by atoms with Crippen LogP contribution >= 0.6 is 11.5 Å². The van der Waals surface area contributed by atoms with E-state index in [1.165, 1.54) is 6.07 Å². The average Bonchev–Trinajstić information content (AvgIpc) is 2.71. The van der Waals surface area contributed by atoms with Crippen LogP contribution in [0.25, 0.3) is 0 Å². The predicted molar refractivity (Wildman–Crippen MR) is 48.2 cm³/mol. The maximum absolute atomic E-state index is 12.5. The Bertz CT molecular complexity index is 342. The molecular weight excluding hydrogens is 215 g/mol. The molecule has 0 aromatic carbocycles. The van der Waals surface area contributed by atoms with Crippen LogP contribution in [0.5, 0.6) is 0 Å². The molecule has 1 heterocycles. The third kappa shape index (κ3) is 1.52. The van der Waals surface area contributed by atoms with Crippen molar-refractivity contribution in [2.45, 2.75) is 24.6 Å². The van der Waals surface area contributed by atoms with Crippen LogP contribution in [0, 0.1) is 0 Å². The molecule has 0 atom stereocenters. The highest BCUT2D eigenvalue weighted by Crippen LogP contribution is 2.51. The summed E-state index contributed by atoms with van der Waals surface area (Å²) < 4.78 is 41.1. The number of nitrogens with two attached hydrogens (primary N) is 1. The molecule has 1 aromatic rings. The summed E-state index contributed by atoms with van der Waals surface area (Å²) in [6, 6.07) is 1.41. The Balaban J connectivity index is 2.12. The molecule has 0 radical (unpaired) electrons. The lowest BCUT2D eigenvalue weighted by molar-refractivity contribution is -0.151. The van der Waals surface area contributed by atoms with Crippen molar-refractivity contribution in [3.05, 3.63) is 6.07 Å². The van der Waals surface area contributed by atoms with E-state index in [9.17, 15) is 13.2 Å². The van der Waals surface area contributed by atoms with Crippen molar-refractivity contribution in [1.82, 2.24) is 4.37 Å². The second kappa shape index (κ2) is 2.75. The topological polar surface area (TPSA) is 50.9 Å². The number of nitrogens with one attached hydrogen (secondary N) is 1. The van der Waals surface area contributed by atoms with Gasteiger partial charge in [-0.2, -0.15) is 17.5 Å². The van der Waals surface area contributed by atoms with Gasteiger partial charge in [-0.05, 0) is 24.4 Å². The molecule has 1 aliphatic rings. The number of nitrogens with zero attached hydrogens (tertiary/aromatic N) is 1. The highest BCUT2D eigenvalue weighted by atomic mass is 32.1. The molecule has 1 fully saturated rings. The van der Waals surface area contributed by atoms with Crippen LogP contribution in [0.2, 0.25) is 0 Å². The van der Waals surface area contributed by atoms with Crippen molar-refractivity contribution >= 4 is 22.4 Å². The molecular formula is C7H8F3N3S. The quantitative estimate of drug-likeness (QED) is 0.808. The van der Waals surface area contributed by atoms with Gasteiger partial charge < -0.3 is 11.1 Å². The van der Waals surface area contributed by atoms with Crippen molar-refractivity contribution in [2.75, 3.05) is 11.1 Å². The van der Waals surface area contributed by atoms with Crippen molar-refractivity contribution in [2.24, 2.45) is 0 Å². The highest BCUT2D eigenvalue weighted by molar-refractivity contribution is 7.10. The van der Waals surface area contributed by atoms with Gasteiger partial charge in [-0.15, -0.1) is 0 Å². The zero-order valence-electron chi connectivity index (χ0n) is 7.06. The van der Waals surface area contributed by atoms with E-state index in [1.54, 1.807) is 0 Å². The van der Waals surface area contributed by atoms with Crippen molar-refractivity contribution in [3.8, 4) is 0 Å². The number of hydrogen-bond acceptors (Lipinski definition) is 4. The second-order valence-corrected chi connectivity index (χ2v) is 4.13. The van der Waals surface area contributed by atoms with E-state index in [1.807, 2.05) is 0 Å². The summed E-state index contributed by atoms with van der Waals surface area (Å²) in [6.45, 7) is 0. The lowest BCUT2D eigenvalue weighted by Crippen LogP contribution is -2.38. The molecule has 0 spiro atoms. The summed E-state index contributed by atoms with van der Waals surface area (Å²) >= 11 is 0.946. The maximum atomic E-state index is 12.5. The van der Waals surface area contributed by atoms with Gasteiger partial charge in [0.1, 0.15) is 16.4 Å². The van der Waals surface area contributed by atoms with Crippen LogP contribution in [0.3, 0.4) is 0 Å². The van der Waals surface area contributed by atoms with Gasteiger partial charge in [0.2, 0.25) is 0 Å². The molecule has 1 aliphatic carbocycles. The molecule has 0 saturated heterocycles. The number of rotatable bonds is 2. The first kappa shape index (κ1) is 9.57. The fourth-order valence-corrected chi connectivity index (χ4v) is 1.86. The minimum atomic E-state index is -4.20. The third-order valence-corrected chi connectivity index (χ3v) is 2.90. The van der Waals surface area contributed by atoms with Gasteiger partial charge in [-0.25, -0.2) is 0 Å². The molecule has 0 bridgehead atoms. The molecule has 78 valence electrons. The van der Waals surface area contributed by atoms with Crippen LogP contribution in [-0.2, 0) is 0 Å².